The molecule has 12 heavy (non-hydrogen) atoms. The number of anilines is 2. The van der Waals surface area contributed by atoms with Crippen LogP contribution in [0.5, 0.6) is 0 Å². The Morgan fingerprint density at radius 2 is 2.58 bits per heavy atom. The van der Waals surface area contributed by atoms with Crippen molar-refractivity contribution in [2.75, 3.05) is 18.1 Å². The molecule has 66 valence electrons. The molecule has 0 saturated carbocycles. The molecule has 6 nitrogen and oxygen atoms in total. The zero-order valence-electron chi connectivity index (χ0n) is 6.61. The maximum Gasteiger partial charge on any atom is 0.325 e. The lowest BCUT2D eigenvalue weighted by atomic mass is 10.5. The van der Waals surface area contributed by atoms with Gasteiger partial charge in [-0.2, -0.15) is 5.10 Å². The van der Waals surface area contributed by atoms with Gasteiger partial charge >= 0.3 is 5.97 Å². The molecule has 0 aliphatic carbocycles. The maximum atomic E-state index is 10.3. The van der Waals surface area contributed by atoms with Crippen LogP contribution in [0.4, 0.5) is 11.5 Å². The number of carboxylic acid groups (broad SMARTS) is 1. The predicted octanol–water partition coefficient (Wildman–Crippen LogP) is -0.408. The normalized spacial score (nSPS) is 9.75. The first kappa shape index (κ1) is 8.38. The minimum absolute atomic E-state index is 0.187. The minimum Gasteiger partial charge on any atom is -0.480 e. The van der Waals surface area contributed by atoms with Gasteiger partial charge in [-0.05, 0) is 0 Å². The molecule has 0 amide bonds. The van der Waals surface area contributed by atoms with Gasteiger partial charge in [-0.3, -0.25) is 4.79 Å². The van der Waals surface area contributed by atoms with Crippen LogP contribution in [0.15, 0.2) is 6.20 Å². The number of aromatic nitrogens is 2. The molecule has 6 heteroatoms. The predicted molar refractivity (Wildman–Crippen MR) is 43.8 cm³/mol. The van der Waals surface area contributed by atoms with Crippen LogP contribution < -0.4 is 11.1 Å². The van der Waals surface area contributed by atoms with Gasteiger partial charge in [0.15, 0.2) is 0 Å². The summed E-state index contributed by atoms with van der Waals surface area (Å²) >= 11 is 0. The number of rotatable bonds is 3. The fraction of sp³-hybridized carbons (Fsp3) is 0.333. The van der Waals surface area contributed by atoms with Crippen LogP contribution in [0, 0.1) is 0 Å². The van der Waals surface area contributed by atoms with E-state index in [9.17, 15) is 4.79 Å². The number of aliphatic carboxylic acids is 1. The fourth-order valence-electron chi connectivity index (χ4n) is 0.921. The van der Waals surface area contributed by atoms with Crippen LogP contribution in [-0.4, -0.2) is 27.9 Å². The largest absolute Gasteiger partial charge is 0.480 e. The number of nitrogens with one attached hydrogen (secondary N) is 1. The summed E-state index contributed by atoms with van der Waals surface area (Å²) in [5.41, 5.74) is 5.93. The quantitative estimate of drug-likeness (QED) is 0.573. The van der Waals surface area contributed by atoms with Crippen LogP contribution in [0.25, 0.3) is 0 Å². The van der Waals surface area contributed by atoms with Crippen molar-refractivity contribution in [2.45, 2.75) is 6.54 Å². The molecule has 0 radical (unpaired) electrons. The highest BCUT2D eigenvalue weighted by Gasteiger charge is 2.08. The molecule has 0 atom stereocenters. The first-order chi connectivity index (χ1) is 5.65. The molecule has 0 aliphatic heterocycles. The Hall–Kier alpha value is -1.72. The summed E-state index contributed by atoms with van der Waals surface area (Å²) in [6.45, 7) is -0.187. The molecule has 0 fully saturated rings. The van der Waals surface area contributed by atoms with Crippen LogP contribution in [0.2, 0.25) is 0 Å². The second-order valence-electron chi connectivity index (χ2n) is 2.25. The Kier molecular flexibility index (Phi) is 2.18. The van der Waals surface area contributed by atoms with Crippen molar-refractivity contribution in [3.63, 3.8) is 0 Å². The molecule has 0 spiro atoms. The number of nitrogens with two attached hydrogens (primary N) is 1. The van der Waals surface area contributed by atoms with E-state index in [1.165, 1.54) is 10.9 Å². The van der Waals surface area contributed by atoms with E-state index in [-0.39, 0.29) is 6.54 Å². The van der Waals surface area contributed by atoms with Gasteiger partial charge in [0.25, 0.3) is 0 Å². The molecule has 0 aliphatic rings. The Morgan fingerprint density at radius 3 is 3.08 bits per heavy atom. The van der Waals surface area contributed by atoms with Gasteiger partial charge in [0, 0.05) is 7.05 Å². The van der Waals surface area contributed by atoms with Crippen LogP contribution in [0.1, 0.15) is 0 Å². The minimum atomic E-state index is -0.949. The van der Waals surface area contributed by atoms with Crippen molar-refractivity contribution in [1.29, 1.82) is 0 Å². The molecule has 0 aromatic carbocycles. The van der Waals surface area contributed by atoms with Gasteiger partial charge in [0.2, 0.25) is 0 Å². The van der Waals surface area contributed by atoms with Gasteiger partial charge in [-0.1, -0.05) is 0 Å². The van der Waals surface area contributed by atoms with E-state index in [0.717, 1.165) is 0 Å². The average molecular weight is 170 g/mol. The Bertz CT molecular complexity index is 294. The molecule has 1 heterocycles. The second kappa shape index (κ2) is 3.12. The number of carbonyl (C=O) groups is 1. The summed E-state index contributed by atoms with van der Waals surface area (Å²) in [4.78, 5) is 10.3. The Balaban J connectivity index is 2.91. The molecule has 1 aromatic heterocycles. The van der Waals surface area contributed by atoms with Gasteiger partial charge in [-0.25, -0.2) is 4.68 Å². The van der Waals surface area contributed by atoms with E-state index in [2.05, 4.69) is 10.4 Å². The zero-order valence-corrected chi connectivity index (χ0v) is 6.61. The molecule has 0 bridgehead atoms. The van der Waals surface area contributed by atoms with Crippen LogP contribution in [-0.2, 0) is 11.3 Å². The highest BCUT2D eigenvalue weighted by molar-refractivity contribution is 5.69. The van der Waals surface area contributed by atoms with Gasteiger partial charge in [0.05, 0.1) is 11.9 Å². The van der Waals surface area contributed by atoms with E-state index >= 15 is 0 Å². The second-order valence-corrected chi connectivity index (χ2v) is 2.25. The van der Waals surface area contributed by atoms with Crippen molar-refractivity contribution >= 4 is 17.5 Å². The number of hydrogen-bond acceptors (Lipinski definition) is 4. The lowest BCUT2D eigenvalue weighted by Gasteiger charge is -2.03. The van der Waals surface area contributed by atoms with E-state index in [1.807, 2.05) is 0 Å². The lowest BCUT2D eigenvalue weighted by molar-refractivity contribution is -0.137. The molecule has 1 rings (SSSR count). The molecule has 0 saturated heterocycles. The SMILES string of the molecule is CNc1c(N)cnn1CC(=O)O. The van der Waals surface area contributed by atoms with E-state index < -0.39 is 5.97 Å². The summed E-state index contributed by atoms with van der Waals surface area (Å²) in [6, 6.07) is 0. The zero-order chi connectivity index (χ0) is 9.14. The lowest BCUT2D eigenvalue weighted by Crippen LogP contribution is -2.12. The third-order valence-corrected chi connectivity index (χ3v) is 1.39. The highest BCUT2D eigenvalue weighted by Crippen LogP contribution is 2.15. The monoisotopic (exact) mass is 170 g/mol. The summed E-state index contributed by atoms with van der Waals surface area (Å²) in [5, 5.41) is 15.0. The number of carboxylic acids is 1. The van der Waals surface area contributed by atoms with Gasteiger partial charge in [0.1, 0.15) is 12.4 Å². The highest BCUT2D eigenvalue weighted by atomic mass is 16.4. The molecular weight excluding hydrogens is 160 g/mol. The smallest absolute Gasteiger partial charge is 0.325 e. The standard InChI is InChI=1S/C6H10N4O2/c1-8-6-4(7)2-9-10(6)3-5(11)12/h2,8H,3,7H2,1H3,(H,11,12). The first-order valence-corrected chi connectivity index (χ1v) is 3.36. The van der Waals surface area contributed by atoms with Gasteiger partial charge < -0.3 is 16.2 Å². The molecule has 1 aromatic rings. The molecular formula is C6H10N4O2. The van der Waals surface area contributed by atoms with E-state index in [1.54, 1.807) is 7.05 Å². The third-order valence-electron chi connectivity index (χ3n) is 1.39. The van der Waals surface area contributed by atoms with E-state index in [4.69, 9.17) is 10.8 Å². The number of nitrogen functional groups attached to an aromatic ring is 1. The Labute approximate surface area is 69.0 Å². The maximum absolute atomic E-state index is 10.3. The summed E-state index contributed by atoms with van der Waals surface area (Å²) < 4.78 is 1.29. The van der Waals surface area contributed by atoms with Crippen molar-refractivity contribution in [1.82, 2.24) is 9.78 Å². The molecule has 0 unspecified atom stereocenters. The van der Waals surface area contributed by atoms with Gasteiger partial charge in [-0.15, -0.1) is 0 Å². The van der Waals surface area contributed by atoms with Crippen molar-refractivity contribution in [2.24, 2.45) is 0 Å². The van der Waals surface area contributed by atoms with Crippen molar-refractivity contribution < 1.29 is 9.90 Å². The van der Waals surface area contributed by atoms with Crippen molar-refractivity contribution in [3.8, 4) is 0 Å². The topological polar surface area (TPSA) is 93.2 Å². The Morgan fingerprint density at radius 1 is 1.92 bits per heavy atom. The summed E-state index contributed by atoms with van der Waals surface area (Å²) in [7, 11) is 1.66. The van der Waals surface area contributed by atoms with Crippen molar-refractivity contribution in [3.05, 3.63) is 6.20 Å². The van der Waals surface area contributed by atoms with E-state index in [0.29, 0.717) is 11.5 Å². The number of nitrogens with zero attached hydrogens (tertiary/aromatic N) is 2. The summed E-state index contributed by atoms with van der Waals surface area (Å²) in [5.74, 6) is -0.424. The van der Waals surface area contributed by atoms with Crippen LogP contribution >= 0.6 is 0 Å². The van der Waals surface area contributed by atoms with Crippen LogP contribution in [0.3, 0.4) is 0 Å². The summed E-state index contributed by atoms with van der Waals surface area (Å²) in [6.07, 6.45) is 1.41. The molecule has 4 N–H and O–H groups in total. The first-order valence-electron chi connectivity index (χ1n) is 3.36. The number of hydrogen-bond donors (Lipinski definition) is 3. The fourth-order valence-corrected chi connectivity index (χ4v) is 0.921. The third kappa shape index (κ3) is 1.47. The average Bonchev–Trinajstić information content (AvgIpc) is 2.30.